The number of fused-ring (bicyclic) bond motifs is 3. The van der Waals surface area contributed by atoms with Crippen LogP contribution in [-0.2, 0) is 0 Å². The molecule has 2 heterocycles. The minimum atomic E-state index is 0.455. The molecule has 1 N–H and O–H groups in total. The Balaban J connectivity index is 1.82. The third-order valence-electron chi connectivity index (χ3n) is 5.00. The molecule has 4 rings (SSSR count). The third-order valence-corrected chi connectivity index (χ3v) is 5.00. The Kier molecular flexibility index (Phi) is 3.60. The van der Waals surface area contributed by atoms with Gasteiger partial charge in [0.2, 0.25) is 0 Å². The van der Waals surface area contributed by atoms with E-state index in [9.17, 15) is 0 Å². The van der Waals surface area contributed by atoms with Gasteiger partial charge in [0.25, 0.3) is 0 Å². The Morgan fingerprint density at radius 2 is 1.95 bits per heavy atom. The minimum Gasteiger partial charge on any atom is -0.497 e. The van der Waals surface area contributed by atoms with Crippen molar-refractivity contribution >= 4 is 0 Å². The van der Waals surface area contributed by atoms with E-state index in [1.54, 1.807) is 7.11 Å². The summed E-state index contributed by atoms with van der Waals surface area (Å²) in [5.74, 6) is 1.41. The van der Waals surface area contributed by atoms with Gasteiger partial charge in [-0.3, -0.25) is 4.90 Å². The highest BCUT2D eigenvalue weighted by Crippen LogP contribution is 2.41. The Labute approximate surface area is 131 Å². The topological polar surface area (TPSA) is 24.5 Å². The fourth-order valence-electron chi connectivity index (χ4n) is 3.86. The molecule has 3 heteroatoms. The lowest BCUT2D eigenvalue weighted by molar-refractivity contribution is 0.143. The number of piperazine rings is 1. The van der Waals surface area contributed by atoms with Gasteiger partial charge in [0, 0.05) is 38.1 Å². The van der Waals surface area contributed by atoms with Crippen molar-refractivity contribution in [3.8, 4) is 5.75 Å². The van der Waals surface area contributed by atoms with E-state index in [0.29, 0.717) is 12.0 Å². The molecule has 0 aromatic heterocycles. The first kappa shape index (κ1) is 13.8. The zero-order valence-electron chi connectivity index (χ0n) is 13.0. The maximum absolute atomic E-state index is 5.46. The number of nitrogens with one attached hydrogen (secondary N) is 1. The molecular formula is C19H22N2O. The molecule has 2 aromatic rings. The van der Waals surface area contributed by atoms with Gasteiger partial charge in [-0.2, -0.15) is 0 Å². The normalized spacial score (nSPS) is 24.4. The number of benzene rings is 2. The Bertz CT molecular complexity index is 656. The largest absolute Gasteiger partial charge is 0.497 e. The molecule has 1 fully saturated rings. The lowest BCUT2D eigenvalue weighted by Crippen LogP contribution is -2.50. The molecule has 2 aliphatic heterocycles. The number of hydrogen-bond donors (Lipinski definition) is 1. The van der Waals surface area contributed by atoms with Gasteiger partial charge in [-0.1, -0.05) is 36.4 Å². The predicted octanol–water partition coefficient (Wildman–Crippen LogP) is 2.79. The molecular weight excluding hydrogens is 272 g/mol. The van der Waals surface area contributed by atoms with E-state index in [1.807, 2.05) is 0 Å². The van der Waals surface area contributed by atoms with Crippen molar-refractivity contribution < 1.29 is 4.74 Å². The summed E-state index contributed by atoms with van der Waals surface area (Å²) >= 11 is 0. The highest BCUT2D eigenvalue weighted by atomic mass is 16.5. The van der Waals surface area contributed by atoms with Gasteiger partial charge in [0.15, 0.2) is 0 Å². The quantitative estimate of drug-likeness (QED) is 0.922. The molecule has 3 nitrogen and oxygen atoms in total. The predicted molar refractivity (Wildman–Crippen MR) is 88.5 cm³/mol. The number of nitrogens with zero attached hydrogens (tertiary/aromatic N) is 1. The van der Waals surface area contributed by atoms with Crippen molar-refractivity contribution in [2.75, 3.05) is 33.3 Å². The summed E-state index contributed by atoms with van der Waals surface area (Å²) in [5, 5.41) is 3.53. The number of rotatable bonds is 2. The van der Waals surface area contributed by atoms with Crippen molar-refractivity contribution in [3.05, 3.63) is 65.2 Å². The van der Waals surface area contributed by atoms with Crippen molar-refractivity contribution in [1.29, 1.82) is 0 Å². The van der Waals surface area contributed by atoms with Crippen molar-refractivity contribution in [2.45, 2.75) is 12.0 Å². The molecule has 114 valence electrons. The molecule has 1 saturated heterocycles. The van der Waals surface area contributed by atoms with Crippen LogP contribution in [0.3, 0.4) is 0 Å². The van der Waals surface area contributed by atoms with E-state index >= 15 is 0 Å². The Morgan fingerprint density at radius 1 is 1.09 bits per heavy atom. The van der Waals surface area contributed by atoms with E-state index in [-0.39, 0.29) is 0 Å². The van der Waals surface area contributed by atoms with Crippen molar-refractivity contribution in [2.24, 2.45) is 0 Å². The molecule has 0 spiro atoms. The average Bonchev–Trinajstić information content (AvgIpc) is 2.61. The second-order valence-electron chi connectivity index (χ2n) is 6.17. The van der Waals surface area contributed by atoms with Crippen LogP contribution in [0.4, 0.5) is 0 Å². The summed E-state index contributed by atoms with van der Waals surface area (Å²) in [5.41, 5.74) is 4.29. The lowest BCUT2D eigenvalue weighted by atomic mass is 9.80. The third kappa shape index (κ3) is 2.31. The highest BCUT2D eigenvalue weighted by molar-refractivity contribution is 5.46. The molecule has 22 heavy (non-hydrogen) atoms. The zero-order chi connectivity index (χ0) is 14.9. The lowest BCUT2D eigenvalue weighted by Gasteiger charge is -2.44. The van der Waals surface area contributed by atoms with E-state index in [4.69, 9.17) is 4.74 Å². The van der Waals surface area contributed by atoms with E-state index < -0.39 is 0 Å². The summed E-state index contributed by atoms with van der Waals surface area (Å²) < 4.78 is 5.46. The van der Waals surface area contributed by atoms with Crippen LogP contribution >= 0.6 is 0 Å². The monoisotopic (exact) mass is 294 g/mol. The molecule has 2 aromatic carbocycles. The van der Waals surface area contributed by atoms with Gasteiger partial charge in [-0.15, -0.1) is 0 Å². The van der Waals surface area contributed by atoms with Gasteiger partial charge in [-0.05, 0) is 28.8 Å². The summed E-state index contributed by atoms with van der Waals surface area (Å²) in [7, 11) is 1.75. The molecule has 0 aliphatic carbocycles. The van der Waals surface area contributed by atoms with Crippen LogP contribution in [-0.4, -0.2) is 38.2 Å². The SMILES string of the molecule is COc1ccc2c(c1)[C@H]1CNCCN1C[C@@H]2c1ccccc1. The first-order valence-corrected chi connectivity index (χ1v) is 8.04. The van der Waals surface area contributed by atoms with Crippen molar-refractivity contribution in [1.82, 2.24) is 10.2 Å². The van der Waals surface area contributed by atoms with Crippen LogP contribution in [0.25, 0.3) is 0 Å². The first-order valence-electron chi connectivity index (χ1n) is 8.04. The van der Waals surface area contributed by atoms with Gasteiger partial charge >= 0.3 is 0 Å². The summed E-state index contributed by atoms with van der Waals surface area (Å²) in [6, 6.07) is 17.9. The second kappa shape index (κ2) is 5.75. The number of methoxy groups -OCH3 is 1. The molecule has 0 unspecified atom stereocenters. The van der Waals surface area contributed by atoms with Gasteiger partial charge in [0.1, 0.15) is 5.75 Å². The van der Waals surface area contributed by atoms with E-state index in [1.165, 1.54) is 16.7 Å². The van der Waals surface area contributed by atoms with Gasteiger partial charge in [0.05, 0.1) is 7.11 Å². The number of ether oxygens (including phenoxy) is 1. The smallest absolute Gasteiger partial charge is 0.119 e. The molecule has 0 radical (unpaired) electrons. The number of hydrogen-bond acceptors (Lipinski definition) is 3. The molecule has 0 bridgehead atoms. The van der Waals surface area contributed by atoms with Crippen LogP contribution < -0.4 is 10.1 Å². The van der Waals surface area contributed by atoms with Crippen LogP contribution in [0.1, 0.15) is 28.7 Å². The van der Waals surface area contributed by atoms with Crippen LogP contribution in [0.5, 0.6) is 5.75 Å². The van der Waals surface area contributed by atoms with Crippen LogP contribution in [0.2, 0.25) is 0 Å². The molecule has 0 saturated carbocycles. The Morgan fingerprint density at radius 3 is 2.77 bits per heavy atom. The zero-order valence-corrected chi connectivity index (χ0v) is 13.0. The van der Waals surface area contributed by atoms with E-state index in [0.717, 1.165) is 31.9 Å². The minimum absolute atomic E-state index is 0.455. The molecule has 0 amide bonds. The maximum Gasteiger partial charge on any atom is 0.119 e. The standard InChI is InChI=1S/C19H22N2O/c1-22-15-7-8-16-17(11-15)19-12-20-9-10-21(19)13-18(16)14-5-3-2-4-6-14/h2-8,11,18-20H,9-10,12-13H2,1H3/t18-,19-/m1/s1. The average molecular weight is 294 g/mol. The van der Waals surface area contributed by atoms with Gasteiger partial charge < -0.3 is 10.1 Å². The second-order valence-corrected chi connectivity index (χ2v) is 6.17. The Hall–Kier alpha value is -1.84. The fraction of sp³-hybridized carbons (Fsp3) is 0.368. The maximum atomic E-state index is 5.46. The molecule has 2 aliphatic rings. The van der Waals surface area contributed by atoms with Gasteiger partial charge in [-0.25, -0.2) is 0 Å². The fourth-order valence-corrected chi connectivity index (χ4v) is 3.86. The van der Waals surface area contributed by atoms with Crippen LogP contribution in [0, 0.1) is 0 Å². The summed E-state index contributed by atoms with van der Waals surface area (Å²) in [4.78, 5) is 2.62. The molecule has 2 atom stereocenters. The summed E-state index contributed by atoms with van der Waals surface area (Å²) in [6.45, 7) is 4.33. The van der Waals surface area contributed by atoms with Crippen molar-refractivity contribution in [3.63, 3.8) is 0 Å². The highest BCUT2D eigenvalue weighted by Gasteiger charge is 2.35. The van der Waals surface area contributed by atoms with E-state index in [2.05, 4.69) is 58.7 Å². The van der Waals surface area contributed by atoms with Crippen LogP contribution in [0.15, 0.2) is 48.5 Å². The first-order chi connectivity index (χ1) is 10.9. The summed E-state index contributed by atoms with van der Waals surface area (Å²) in [6.07, 6.45) is 0.